The van der Waals surface area contributed by atoms with Crippen LogP contribution in [-0.2, 0) is 4.74 Å². The van der Waals surface area contributed by atoms with Gasteiger partial charge in [0.15, 0.2) is 0 Å². The minimum Gasteiger partial charge on any atom is -0.378 e. The number of aromatic amines is 1. The predicted octanol–water partition coefficient (Wildman–Crippen LogP) is 2.14. The van der Waals surface area contributed by atoms with E-state index in [2.05, 4.69) is 35.4 Å². The standard InChI is InChI=1S/C13H16N2O/c1-9-6-11(12-8-16-5-4-14-12)7-10-2-3-15-13(9)10/h2-3,6-7,12,14-15H,4-5,8H2,1H3. The normalized spacial score (nSPS) is 21.4. The molecule has 0 aliphatic carbocycles. The molecule has 0 bridgehead atoms. The quantitative estimate of drug-likeness (QED) is 0.766. The molecule has 0 saturated carbocycles. The molecule has 1 aromatic carbocycles. The second-order valence-corrected chi connectivity index (χ2v) is 4.36. The minimum atomic E-state index is 0.340. The summed E-state index contributed by atoms with van der Waals surface area (Å²) in [6.07, 6.45) is 1.99. The van der Waals surface area contributed by atoms with Crippen molar-refractivity contribution in [2.45, 2.75) is 13.0 Å². The Morgan fingerprint density at radius 2 is 2.31 bits per heavy atom. The molecule has 3 nitrogen and oxygen atoms in total. The smallest absolute Gasteiger partial charge is 0.0662 e. The molecule has 2 N–H and O–H groups in total. The third-order valence-corrected chi connectivity index (χ3v) is 3.20. The average molecular weight is 216 g/mol. The van der Waals surface area contributed by atoms with Gasteiger partial charge in [-0.2, -0.15) is 0 Å². The summed E-state index contributed by atoms with van der Waals surface area (Å²) in [5.74, 6) is 0. The Kier molecular flexibility index (Phi) is 2.42. The summed E-state index contributed by atoms with van der Waals surface area (Å²) in [5, 5.41) is 4.76. The summed E-state index contributed by atoms with van der Waals surface area (Å²) < 4.78 is 5.50. The monoisotopic (exact) mass is 216 g/mol. The summed E-state index contributed by atoms with van der Waals surface area (Å²) in [4.78, 5) is 3.27. The largest absolute Gasteiger partial charge is 0.378 e. The highest BCUT2D eigenvalue weighted by atomic mass is 16.5. The molecule has 1 aliphatic rings. The average Bonchev–Trinajstić information content (AvgIpc) is 2.79. The Hall–Kier alpha value is -1.32. The first-order chi connectivity index (χ1) is 7.84. The molecule has 1 aromatic heterocycles. The van der Waals surface area contributed by atoms with Crippen molar-refractivity contribution in [3.05, 3.63) is 35.5 Å². The van der Waals surface area contributed by atoms with E-state index in [1.165, 1.54) is 22.0 Å². The van der Waals surface area contributed by atoms with Gasteiger partial charge in [-0.15, -0.1) is 0 Å². The van der Waals surface area contributed by atoms with E-state index < -0.39 is 0 Å². The number of nitrogens with one attached hydrogen (secondary N) is 2. The van der Waals surface area contributed by atoms with Crippen molar-refractivity contribution < 1.29 is 4.74 Å². The van der Waals surface area contributed by atoms with E-state index in [9.17, 15) is 0 Å². The molecule has 0 radical (unpaired) electrons. The number of aryl methyl sites for hydroxylation is 1. The third-order valence-electron chi connectivity index (χ3n) is 3.20. The van der Waals surface area contributed by atoms with Crippen LogP contribution in [0.4, 0.5) is 0 Å². The fraction of sp³-hybridized carbons (Fsp3) is 0.385. The number of H-pyrrole nitrogens is 1. The van der Waals surface area contributed by atoms with E-state index in [1.807, 2.05) is 6.20 Å². The summed E-state index contributed by atoms with van der Waals surface area (Å²) in [6, 6.07) is 6.94. The summed E-state index contributed by atoms with van der Waals surface area (Å²) in [5.41, 5.74) is 3.86. The van der Waals surface area contributed by atoms with Gasteiger partial charge in [0.25, 0.3) is 0 Å². The molecule has 3 heteroatoms. The summed E-state index contributed by atoms with van der Waals surface area (Å²) >= 11 is 0. The topological polar surface area (TPSA) is 37.0 Å². The van der Waals surface area contributed by atoms with Crippen LogP contribution in [0.25, 0.3) is 10.9 Å². The molecular weight excluding hydrogens is 200 g/mol. The van der Waals surface area contributed by atoms with Crippen molar-refractivity contribution in [1.82, 2.24) is 10.3 Å². The maximum absolute atomic E-state index is 5.50. The summed E-state index contributed by atoms with van der Waals surface area (Å²) in [7, 11) is 0. The molecule has 2 aromatic rings. The van der Waals surface area contributed by atoms with Crippen LogP contribution in [0.1, 0.15) is 17.2 Å². The van der Waals surface area contributed by atoms with Crippen LogP contribution in [0.2, 0.25) is 0 Å². The molecule has 1 aliphatic heterocycles. The Bertz CT molecular complexity index is 498. The predicted molar refractivity (Wildman–Crippen MR) is 64.6 cm³/mol. The van der Waals surface area contributed by atoms with Crippen molar-refractivity contribution in [2.75, 3.05) is 19.8 Å². The van der Waals surface area contributed by atoms with Crippen LogP contribution in [0.15, 0.2) is 24.4 Å². The fourth-order valence-electron chi connectivity index (χ4n) is 2.37. The maximum Gasteiger partial charge on any atom is 0.0662 e. The summed E-state index contributed by atoms with van der Waals surface area (Å²) in [6.45, 7) is 4.68. The zero-order valence-corrected chi connectivity index (χ0v) is 9.42. The van der Waals surface area contributed by atoms with Crippen molar-refractivity contribution in [3.8, 4) is 0 Å². The van der Waals surface area contributed by atoms with Crippen molar-refractivity contribution in [3.63, 3.8) is 0 Å². The molecule has 84 valence electrons. The lowest BCUT2D eigenvalue weighted by atomic mass is 10.0. The number of morpholine rings is 1. The molecule has 1 saturated heterocycles. The van der Waals surface area contributed by atoms with Gasteiger partial charge in [-0.1, -0.05) is 6.07 Å². The van der Waals surface area contributed by atoms with Crippen molar-refractivity contribution in [2.24, 2.45) is 0 Å². The van der Waals surface area contributed by atoms with Gasteiger partial charge in [-0.25, -0.2) is 0 Å². The molecule has 1 unspecified atom stereocenters. The van der Waals surface area contributed by atoms with Crippen LogP contribution in [-0.4, -0.2) is 24.7 Å². The molecule has 1 atom stereocenters. The van der Waals surface area contributed by atoms with Crippen molar-refractivity contribution >= 4 is 10.9 Å². The van der Waals surface area contributed by atoms with Crippen LogP contribution >= 0.6 is 0 Å². The van der Waals surface area contributed by atoms with E-state index >= 15 is 0 Å². The van der Waals surface area contributed by atoms with Gasteiger partial charge < -0.3 is 15.0 Å². The molecule has 1 fully saturated rings. The zero-order chi connectivity index (χ0) is 11.0. The number of aromatic nitrogens is 1. The van der Waals surface area contributed by atoms with Crippen LogP contribution in [0, 0.1) is 6.92 Å². The third kappa shape index (κ3) is 1.62. The Morgan fingerprint density at radius 1 is 1.38 bits per heavy atom. The Balaban J connectivity index is 2.02. The van der Waals surface area contributed by atoms with E-state index in [4.69, 9.17) is 4.74 Å². The first kappa shape index (κ1) is 9.87. The second kappa shape index (κ2) is 3.92. The first-order valence-corrected chi connectivity index (χ1v) is 5.73. The highest BCUT2D eigenvalue weighted by molar-refractivity contribution is 5.83. The van der Waals surface area contributed by atoms with E-state index in [0.717, 1.165) is 19.8 Å². The fourth-order valence-corrected chi connectivity index (χ4v) is 2.37. The van der Waals surface area contributed by atoms with E-state index in [0.29, 0.717) is 6.04 Å². The van der Waals surface area contributed by atoms with Gasteiger partial charge >= 0.3 is 0 Å². The molecular formula is C13H16N2O. The molecule has 0 spiro atoms. The van der Waals surface area contributed by atoms with Crippen molar-refractivity contribution in [1.29, 1.82) is 0 Å². The van der Waals surface area contributed by atoms with Crippen LogP contribution in [0.3, 0.4) is 0 Å². The Morgan fingerprint density at radius 3 is 3.12 bits per heavy atom. The highest BCUT2D eigenvalue weighted by Gasteiger charge is 2.16. The number of hydrogen-bond acceptors (Lipinski definition) is 2. The first-order valence-electron chi connectivity index (χ1n) is 5.73. The van der Waals surface area contributed by atoms with Crippen LogP contribution in [0.5, 0.6) is 0 Å². The van der Waals surface area contributed by atoms with Gasteiger partial charge in [0.1, 0.15) is 0 Å². The number of ether oxygens (including phenoxy) is 1. The molecule has 3 rings (SSSR count). The van der Waals surface area contributed by atoms with Gasteiger partial charge in [-0.3, -0.25) is 0 Å². The van der Waals surface area contributed by atoms with E-state index in [-0.39, 0.29) is 0 Å². The highest BCUT2D eigenvalue weighted by Crippen LogP contribution is 2.24. The number of benzene rings is 1. The van der Waals surface area contributed by atoms with Gasteiger partial charge in [0.05, 0.1) is 19.3 Å². The lowest BCUT2D eigenvalue weighted by molar-refractivity contribution is 0.0769. The molecule has 0 amide bonds. The maximum atomic E-state index is 5.50. The second-order valence-electron chi connectivity index (χ2n) is 4.36. The van der Waals surface area contributed by atoms with Gasteiger partial charge in [0, 0.05) is 18.3 Å². The van der Waals surface area contributed by atoms with E-state index in [1.54, 1.807) is 0 Å². The van der Waals surface area contributed by atoms with Crippen LogP contribution < -0.4 is 5.32 Å². The SMILES string of the molecule is Cc1cc(C2COCCN2)cc2cc[nH]c12. The van der Waals surface area contributed by atoms with Gasteiger partial charge in [0.2, 0.25) is 0 Å². The lowest BCUT2D eigenvalue weighted by Crippen LogP contribution is -2.34. The Labute approximate surface area is 94.8 Å². The number of rotatable bonds is 1. The lowest BCUT2D eigenvalue weighted by Gasteiger charge is -2.24. The molecule has 16 heavy (non-hydrogen) atoms. The number of fused-ring (bicyclic) bond motifs is 1. The van der Waals surface area contributed by atoms with Gasteiger partial charge in [-0.05, 0) is 35.6 Å². The zero-order valence-electron chi connectivity index (χ0n) is 9.42. The number of hydrogen-bond donors (Lipinski definition) is 2. The molecule has 2 heterocycles. The minimum absolute atomic E-state index is 0.340.